The summed E-state index contributed by atoms with van der Waals surface area (Å²) in [6.45, 7) is 4.48. The molecule has 1 heterocycles. The van der Waals surface area contributed by atoms with Crippen LogP contribution in [-0.2, 0) is 6.42 Å². The van der Waals surface area contributed by atoms with Crippen molar-refractivity contribution in [1.29, 1.82) is 0 Å². The summed E-state index contributed by atoms with van der Waals surface area (Å²) in [6.07, 6.45) is 3.87. The second-order valence-corrected chi connectivity index (χ2v) is 4.19. The van der Waals surface area contributed by atoms with Crippen LogP contribution < -0.4 is 10.6 Å². The summed E-state index contributed by atoms with van der Waals surface area (Å²) >= 11 is 0. The van der Waals surface area contributed by atoms with Gasteiger partial charge in [0.25, 0.3) is 0 Å². The van der Waals surface area contributed by atoms with Gasteiger partial charge in [-0.25, -0.2) is 9.78 Å². The second kappa shape index (κ2) is 7.13. The number of oxazole rings is 1. The lowest BCUT2D eigenvalue weighted by Crippen LogP contribution is -2.36. The van der Waals surface area contributed by atoms with E-state index in [4.69, 9.17) is 4.42 Å². The standard InChI is InChI=1S/C15H17N3O2/c1-2-9-16-15(19)17-10-8-13-11-20-14(18-13)12-6-4-3-5-7-12/h2-7,11H,1,8-10H2,(H2,16,17,19). The lowest BCUT2D eigenvalue weighted by Gasteiger charge is -2.03. The Balaban J connectivity index is 1.82. The number of amides is 2. The number of carbonyl (C=O) groups excluding carboxylic acids is 1. The molecule has 0 spiro atoms. The molecule has 0 aliphatic heterocycles. The topological polar surface area (TPSA) is 67.2 Å². The number of nitrogens with one attached hydrogen (secondary N) is 2. The molecule has 0 fully saturated rings. The maximum atomic E-state index is 11.3. The van der Waals surface area contributed by atoms with Crippen molar-refractivity contribution in [3.8, 4) is 11.5 Å². The van der Waals surface area contributed by atoms with Crippen molar-refractivity contribution in [3.05, 3.63) is 54.9 Å². The average Bonchev–Trinajstić information content (AvgIpc) is 2.95. The zero-order chi connectivity index (χ0) is 14.2. The van der Waals surface area contributed by atoms with E-state index in [-0.39, 0.29) is 6.03 Å². The van der Waals surface area contributed by atoms with Crippen LogP contribution in [0.4, 0.5) is 4.79 Å². The number of carbonyl (C=O) groups is 1. The number of aromatic nitrogens is 1. The first-order chi connectivity index (χ1) is 9.79. The molecule has 2 aromatic rings. The first-order valence-corrected chi connectivity index (χ1v) is 6.42. The third-order valence-corrected chi connectivity index (χ3v) is 2.65. The lowest BCUT2D eigenvalue weighted by molar-refractivity contribution is 0.242. The van der Waals surface area contributed by atoms with E-state index in [9.17, 15) is 4.79 Å². The Hall–Kier alpha value is -2.56. The molecule has 2 N–H and O–H groups in total. The average molecular weight is 271 g/mol. The van der Waals surface area contributed by atoms with Gasteiger partial charge < -0.3 is 15.1 Å². The van der Waals surface area contributed by atoms with E-state index in [1.807, 2.05) is 30.3 Å². The molecule has 0 aliphatic carbocycles. The zero-order valence-corrected chi connectivity index (χ0v) is 11.1. The first kappa shape index (κ1) is 13.9. The largest absolute Gasteiger partial charge is 0.444 e. The van der Waals surface area contributed by atoms with Crippen molar-refractivity contribution in [1.82, 2.24) is 15.6 Å². The fourth-order valence-corrected chi connectivity index (χ4v) is 1.67. The predicted octanol–water partition coefficient (Wildman–Crippen LogP) is 2.37. The highest BCUT2D eigenvalue weighted by atomic mass is 16.3. The minimum Gasteiger partial charge on any atom is -0.444 e. The molecule has 0 unspecified atom stereocenters. The van der Waals surface area contributed by atoms with Gasteiger partial charge in [-0.1, -0.05) is 24.3 Å². The van der Waals surface area contributed by atoms with Gasteiger partial charge in [-0.05, 0) is 12.1 Å². The van der Waals surface area contributed by atoms with Gasteiger partial charge in [0.1, 0.15) is 6.26 Å². The van der Waals surface area contributed by atoms with Crippen molar-refractivity contribution in [2.45, 2.75) is 6.42 Å². The van der Waals surface area contributed by atoms with Crippen molar-refractivity contribution >= 4 is 6.03 Å². The highest BCUT2D eigenvalue weighted by Gasteiger charge is 2.06. The Kier molecular flexibility index (Phi) is 4.94. The highest BCUT2D eigenvalue weighted by molar-refractivity contribution is 5.73. The van der Waals surface area contributed by atoms with Gasteiger partial charge >= 0.3 is 6.03 Å². The number of benzene rings is 1. The minimum absolute atomic E-state index is 0.211. The summed E-state index contributed by atoms with van der Waals surface area (Å²) in [5.41, 5.74) is 1.75. The van der Waals surface area contributed by atoms with Crippen LogP contribution in [-0.4, -0.2) is 24.1 Å². The SMILES string of the molecule is C=CCNC(=O)NCCc1coc(-c2ccccc2)n1. The van der Waals surface area contributed by atoms with Gasteiger partial charge in [-0.15, -0.1) is 6.58 Å². The fourth-order valence-electron chi connectivity index (χ4n) is 1.67. The van der Waals surface area contributed by atoms with Crippen LogP contribution in [0.25, 0.3) is 11.5 Å². The van der Waals surface area contributed by atoms with Crippen LogP contribution in [0.3, 0.4) is 0 Å². The highest BCUT2D eigenvalue weighted by Crippen LogP contribution is 2.17. The number of hydrogen-bond acceptors (Lipinski definition) is 3. The first-order valence-electron chi connectivity index (χ1n) is 6.42. The number of hydrogen-bond donors (Lipinski definition) is 2. The van der Waals surface area contributed by atoms with Gasteiger partial charge in [0.15, 0.2) is 0 Å². The molecular formula is C15H17N3O2. The Labute approximate surface area is 117 Å². The molecule has 0 radical (unpaired) electrons. The van der Waals surface area contributed by atoms with Crippen molar-refractivity contribution in [2.24, 2.45) is 0 Å². The molecule has 20 heavy (non-hydrogen) atoms. The van der Waals surface area contributed by atoms with Crippen LogP contribution in [0.2, 0.25) is 0 Å². The van der Waals surface area contributed by atoms with E-state index in [0.29, 0.717) is 25.4 Å². The fraction of sp³-hybridized carbons (Fsp3) is 0.200. The maximum absolute atomic E-state index is 11.3. The molecule has 104 valence electrons. The van der Waals surface area contributed by atoms with E-state index in [1.54, 1.807) is 12.3 Å². The monoisotopic (exact) mass is 271 g/mol. The Morgan fingerprint density at radius 1 is 1.30 bits per heavy atom. The van der Waals surface area contributed by atoms with Crippen molar-refractivity contribution in [3.63, 3.8) is 0 Å². The van der Waals surface area contributed by atoms with Gasteiger partial charge in [-0.3, -0.25) is 0 Å². The normalized spacial score (nSPS) is 10.0. The Morgan fingerprint density at radius 2 is 2.10 bits per heavy atom. The molecule has 1 aromatic heterocycles. The Morgan fingerprint density at radius 3 is 2.85 bits per heavy atom. The molecule has 0 aliphatic rings. The maximum Gasteiger partial charge on any atom is 0.315 e. The van der Waals surface area contributed by atoms with Crippen LogP contribution in [0.5, 0.6) is 0 Å². The lowest BCUT2D eigenvalue weighted by atomic mass is 10.2. The molecule has 0 atom stereocenters. The Bertz CT molecular complexity index is 564. The number of rotatable bonds is 6. The summed E-state index contributed by atoms with van der Waals surface area (Å²) in [6, 6.07) is 9.48. The molecule has 5 nitrogen and oxygen atoms in total. The van der Waals surface area contributed by atoms with Crippen LogP contribution in [0.15, 0.2) is 53.7 Å². The van der Waals surface area contributed by atoms with Gasteiger partial charge in [0.05, 0.1) is 5.69 Å². The van der Waals surface area contributed by atoms with E-state index in [1.165, 1.54) is 0 Å². The molecule has 5 heteroatoms. The summed E-state index contributed by atoms with van der Waals surface area (Å²) in [5.74, 6) is 0.594. The molecule has 1 aromatic carbocycles. The van der Waals surface area contributed by atoms with Crippen molar-refractivity contribution in [2.75, 3.05) is 13.1 Å². The molecule has 0 bridgehead atoms. The molecule has 2 rings (SSSR count). The minimum atomic E-state index is -0.211. The van der Waals surface area contributed by atoms with E-state index < -0.39 is 0 Å². The van der Waals surface area contributed by atoms with Gasteiger partial charge in [0.2, 0.25) is 5.89 Å². The van der Waals surface area contributed by atoms with Gasteiger partial charge in [-0.2, -0.15) is 0 Å². The van der Waals surface area contributed by atoms with Crippen LogP contribution in [0, 0.1) is 0 Å². The van der Waals surface area contributed by atoms with Gasteiger partial charge in [0, 0.05) is 25.1 Å². The zero-order valence-electron chi connectivity index (χ0n) is 11.1. The second-order valence-electron chi connectivity index (χ2n) is 4.19. The third kappa shape index (κ3) is 3.98. The van der Waals surface area contributed by atoms with Crippen LogP contribution >= 0.6 is 0 Å². The van der Waals surface area contributed by atoms with E-state index >= 15 is 0 Å². The van der Waals surface area contributed by atoms with Crippen LogP contribution in [0.1, 0.15) is 5.69 Å². The van der Waals surface area contributed by atoms with Crippen molar-refractivity contribution < 1.29 is 9.21 Å². The van der Waals surface area contributed by atoms with E-state index in [0.717, 1.165) is 11.3 Å². The summed E-state index contributed by atoms with van der Waals surface area (Å²) in [5, 5.41) is 5.37. The number of urea groups is 1. The third-order valence-electron chi connectivity index (χ3n) is 2.65. The molecular weight excluding hydrogens is 254 g/mol. The molecule has 0 saturated carbocycles. The number of nitrogens with zero attached hydrogens (tertiary/aromatic N) is 1. The summed E-state index contributed by atoms with van der Waals surface area (Å²) in [7, 11) is 0. The smallest absolute Gasteiger partial charge is 0.315 e. The van der Waals surface area contributed by atoms with E-state index in [2.05, 4.69) is 22.2 Å². The summed E-state index contributed by atoms with van der Waals surface area (Å²) in [4.78, 5) is 15.7. The predicted molar refractivity (Wildman–Crippen MR) is 77.2 cm³/mol. The molecule has 2 amide bonds. The summed E-state index contributed by atoms with van der Waals surface area (Å²) < 4.78 is 5.42. The molecule has 0 saturated heterocycles. The quantitative estimate of drug-likeness (QED) is 0.793.